The van der Waals surface area contributed by atoms with Crippen LogP contribution in [0.25, 0.3) is 10.8 Å². The van der Waals surface area contributed by atoms with E-state index in [1.807, 2.05) is 5.38 Å². The molecule has 0 aliphatic carbocycles. The zero-order valence-electron chi connectivity index (χ0n) is 14.2. The van der Waals surface area contributed by atoms with Crippen LogP contribution in [-0.2, 0) is 16.1 Å². The third kappa shape index (κ3) is 4.68. The maximum atomic E-state index is 12.1. The first-order valence-electron chi connectivity index (χ1n) is 7.88. The summed E-state index contributed by atoms with van der Waals surface area (Å²) < 4.78 is 4.79. The second-order valence-corrected chi connectivity index (χ2v) is 7.38. The Bertz CT molecular complexity index is 993. The number of hydrogen-bond donors (Lipinski definition) is 2. The molecule has 0 saturated carbocycles. The van der Waals surface area contributed by atoms with Crippen molar-refractivity contribution in [3.8, 4) is 0 Å². The van der Waals surface area contributed by atoms with Gasteiger partial charge in [0.05, 0.1) is 30.8 Å². The maximum Gasteiger partial charge on any atom is 0.337 e. The Morgan fingerprint density at radius 1 is 1.22 bits per heavy atom. The van der Waals surface area contributed by atoms with Crippen molar-refractivity contribution in [3.05, 3.63) is 56.5 Å². The third-order valence-electron chi connectivity index (χ3n) is 3.75. The van der Waals surface area contributed by atoms with E-state index in [2.05, 4.69) is 15.6 Å². The molecule has 0 radical (unpaired) electrons. The molecule has 0 aliphatic rings. The Balaban J connectivity index is 1.83. The van der Waals surface area contributed by atoms with Gasteiger partial charge in [-0.1, -0.05) is 23.2 Å². The number of ether oxygens (including phenoxy) is 1. The van der Waals surface area contributed by atoms with Crippen molar-refractivity contribution in [2.75, 3.05) is 19.0 Å². The van der Waals surface area contributed by atoms with Gasteiger partial charge in [-0.2, -0.15) is 0 Å². The smallest absolute Gasteiger partial charge is 0.337 e. The number of aromatic nitrogens is 1. The number of benzene rings is 2. The number of nitrogens with one attached hydrogen (secondary N) is 2. The molecule has 27 heavy (non-hydrogen) atoms. The lowest BCUT2D eigenvalue weighted by atomic mass is 10.0. The zero-order chi connectivity index (χ0) is 19.4. The normalized spacial score (nSPS) is 10.6. The van der Waals surface area contributed by atoms with Gasteiger partial charge in [-0.25, -0.2) is 9.78 Å². The van der Waals surface area contributed by atoms with E-state index in [9.17, 15) is 9.59 Å². The van der Waals surface area contributed by atoms with Crippen molar-refractivity contribution in [3.63, 3.8) is 0 Å². The Kier molecular flexibility index (Phi) is 6.15. The van der Waals surface area contributed by atoms with Crippen LogP contribution in [0.2, 0.25) is 10.0 Å². The second-order valence-electron chi connectivity index (χ2n) is 5.56. The molecule has 3 rings (SSSR count). The molecule has 0 unspecified atom stereocenters. The van der Waals surface area contributed by atoms with Gasteiger partial charge in [0.25, 0.3) is 0 Å². The van der Waals surface area contributed by atoms with Gasteiger partial charge < -0.3 is 15.4 Å². The highest BCUT2D eigenvalue weighted by atomic mass is 35.5. The summed E-state index contributed by atoms with van der Waals surface area (Å²) in [6.07, 6.45) is 1.68. The van der Waals surface area contributed by atoms with E-state index in [1.165, 1.54) is 18.4 Å². The molecule has 6 nitrogen and oxygen atoms in total. The van der Waals surface area contributed by atoms with Crippen LogP contribution in [0.4, 0.5) is 5.69 Å². The van der Waals surface area contributed by atoms with Crippen LogP contribution in [0, 0.1) is 0 Å². The monoisotopic (exact) mass is 423 g/mol. The predicted octanol–water partition coefficient (Wildman–Crippen LogP) is 4.12. The Labute approximate surface area is 169 Å². The van der Waals surface area contributed by atoms with Crippen LogP contribution in [0.5, 0.6) is 0 Å². The maximum absolute atomic E-state index is 12.1. The number of hydrogen-bond acceptors (Lipinski definition) is 6. The van der Waals surface area contributed by atoms with Crippen molar-refractivity contribution in [2.45, 2.75) is 6.54 Å². The number of rotatable bonds is 6. The average Bonchev–Trinajstić information content (AvgIpc) is 3.16. The largest absolute Gasteiger partial charge is 0.465 e. The third-order valence-corrected chi connectivity index (χ3v) is 5.04. The number of anilines is 1. The van der Waals surface area contributed by atoms with Crippen LogP contribution in [0.1, 0.15) is 15.4 Å². The molecule has 0 spiro atoms. The zero-order valence-corrected chi connectivity index (χ0v) is 16.5. The number of carbonyl (C=O) groups is 2. The van der Waals surface area contributed by atoms with Gasteiger partial charge in [-0.15, -0.1) is 11.3 Å². The summed E-state index contributed by atoms with van der Waals surface area (Å²) in [7, 11) is 1.30. The summed E-state index contributed by atoms with van der Waals surface area (Å²) in [5, 5.41) is 10.7. The number of methoxy groups -OCH3 is 1. The van der Waals surface area contributed by atoms with E-state index in [-0.39, 0.29) is 12.5 Å². The number of thiazole rings is 1. The van der Waals surface area contributed by atoms with Gasteiger partial charge in [0.15, 0.2) is 0 Å². The van der Waals surface area contributed by atoms with Crippen molar-refractivity contribution >= 4 is 62.9 Å². The Morgan fingerprint density at radius 2 is 2.04 bits per heavy atom. The number of halogens is 2. The molecular weight excluding hydrogens is 409 g/mol. The van der Waals surface area contributed by atoms with Crippen molar-refractivity contribution in [1.82, 2.24) is 10.3 Å². The summed E-state index contributed by atoms with van der Waals surface area (Å²) in [4.78, 5) is 28.2. The molecule has 1 aromatic heterocycles. The highest BCUT2D eigenvalue weighted by Crippen LogP contribution is 2.34. The van der Waals surface area contributed by atoms with Crippen LogP contribution >= 0.6 is 34.5 Å². The standard InChI is InChI=1S/C18H15Cl2N3O3S/c1-26-18(25)11-4-10-5-12(19)7-13(20)17(10)14(6-11)22-8-15(24)23-9-16-21-2-3-27-16/h2-7,22H,8-9H2,1H3,(H,23,24). The quantitative estimate of drug-likeness (QED) is 0.582. The molecule has 0 bridgehead atoms. The molecule has 9 heteroatoms. The summed E-state index contributed by atoms with van der Waals surface area (Å²) in [6.45, 7) is 0.363. The first-order chi connectivity index (χ1) is 13.0. The van der Waals surface area contributed by atoms with E-state index in [0.717, 1.165) is 5.01 Å². The van der Waals surface area contributed by atoms with E-state index in [0.29, 0.717) is 38.6 Å². The minimum atomic E-state index is -0.496. The summed E-state index contributed by atoms with van der Waals surface area (Å²) in [5.41, 5.74) is 0.869. The number of fused-ring (bicyclic) bond motifs is 1. The van der Waals surface area contributed by atoms with Crippen LogP contribution in [0.15, 0.2) is 35.8 Å². The summed E-state index contributed by atoms with van der Waals surface area (Å²) >= 11 is 13.9. The van der Waals surface area contributed by atoms with Crippen molar-refractivity contribution < 1.29 is 14.3 Å². The Morgan fingerprint density at radius 3 is 2.74 bits per heavy atom. The lowest BCUT2D eigenvalue weighted by Crippen LogP contribution is -2.29. The average molecular weight is 424 g/mol. The van der Waals surface area contributed by atoms with Gasteiger partial charge in [0.1, 0.15) is 5.01 Å². The number of amides is 1. The highest BCUT2D eigenvalue weighted by Gasteiger charge is 2.14. The number of nitrogens with zero attached hydrogens (tertiary/aromatic N) is 1. The number of esters is 1. The van der Waals surface area contributed by atoms with E-state index in [4.69, 9.17) is 27.9 Å². The minimum Gasteiger partial charge on any atom is -0.465 e. The van der Waals surface area contributed by atoms with E-state index in [1.54, 1.807) is 30.5 Å². The molecule has 3 aromatic rings. The van der Waals surface area contributed by atoms with E-state index >= 15 is 0 Å². The van der Waals surface area contributed by atoms with E-state index < -0.39 is 5.97 Å². The second kappa shape index (κ2) is 8.56. The fourth-order valence-electron chi connectivity index (χ4n) is 2.56. The molecule has 0 saturated heterocycles. The molecule has 2 N–H and O–H groups in total. The SMILES string of the molecule is COC(=O)c1cc(NCC(=O)NCc2nccs2)c2c(Cl)cc(Cl)cc2c1. The lowest BCUT2D eigenvalue weighted by molar-refractivity contribution is -0.119. The molecule has 1 amide bonds. The topological polar surface area (TPSA) is 80.3 Å². The van der Waals surface area contributed by atoms with Gasteiger partial charge in [0.2, 0.25) is 5.91 Å². The molecule has 0 fully saturated rings. The molecule has 140 valence electrons. The minimum absolute atomic E-state index is 0.00402. The molecule has 1 heterocycles. The first-order valence-corrected chi connectivity index (χ1v) is 9.51. The van der Waals surface area contributed by atoms with Gasteiger partial charge in [0, 0.05) is 27.7 Å². The van der Waals surface area contributed by atoms with Crippen LogP contribution in [-0.4, -0.2) is 30.5 Å². The molecular formula is C18H15Cl2N3O3S. The van der Waals surface area contributed by atoms with Gasteiger partial charge in [-0.05, 0) is 29.7 Å². The van der Waals surface area contributed by atoms with Gasteiger partial charge in [-0.3, -0.25) is 4.79 Å². The van der Waals surface area contributed by atoms with Gasteiger partial charge >= 0.3 is 5.97 Å². The predicted molar refractivity (Wildman–Crippen MR) is 108 cm³/mol. The Hall–Kier alpha value is -2.35. The summed E-state index contributed by atoms with van der Waals surface area (Å²) in [5.74, 6) is -0.712. The molecule has 0 aliphatic heterocycles. The molecule has 0 atom stereocenters. The highest BCUT2D eigenvalue weighted by molar-refractivity contribution is 7.09. The van der Waals surface area contributed by atoms with Crippen molar-refractivity contribution in [2.24, 2.45) is 0 Å². The fourth-order valence-corrected chi connectivity index (χ4v) is 3.72. The first kappa shape index (κ1) is 19.4. The number of carbonyl (C=O) groups excluding carboxylic acids is 2. The van der Waals surface area contributed by atoms with Crippen LogP contribution in [0.3, 0.4) is 0 Å². The van der Waals surface area contributed by atoms with Crippen LogP contribution < -0.4 is 10.6 Å². The molecule has 2 aromatic carbocycles. The summed E-state index contributed by atoms with van der Waals surface area (Å²) in [6, 6.07) is 6.55. The van der Waals surface area contributed by atoms with Crippen molar-refractivity contribution in [1.29, 1.82) is 0 Å². The lowest BCUT2D eigenvalue weighted by Gasteiger charge is -2.13. The fraction of sp³-hybridized carbons (Fsp3) is 0.167.